The van der Waals surface area contributed by atoms with E-state index in [1.165, 1.54) is 37.7 Å². The van der Waals surface area contributed by atoms with Gasteiger partial charge >= 0.3 is 0 Å². The van der Waals surface area contributed by atoms with Crippen molar-refractivity contribution in [2.24, 2.45) is 0 Å². The van der Waals surface area contributed by atoms with E-state index in [4.69, 9.17) is 0 Å². The molecule has 75 valence electrons. The van der Waals surface area contributed by atoms with E-state index in [0.717, 1.165) is 0 Å². The van der Waals surface area contributed by atoms with E-state index in [1.807, 2.05) is 12.1 Å². The van der Waals surface area contributed by atoms with Crippen LogP contribution in [0.2, 0.25) is 0 Å². The molecule has 0 atom stereocenters. The van der Waals surface area contributed by atoms with Gasteiger partial charge in [-0.15, -0.1) is 0 Å². The summed E-state index contributed by atoms with van der Waals surface area (Å²) in [6.45, 7) is 2.33. The molecule has 2 rings (SSSR count). The summed E-state index contributed by atoms with van der Waals surface area (Å²) in [4.78, 5) is 0. The molecule has 0 aromatic heterocycles. The normalized spacial score (nSPS) is 20.6. The van der Waals surface area contributed by atoms with Crippen molar-refractivity contribution in [1.82, 2.24) is 0 Å². The van der Waals surface area contributed by atoms with Crippen molar-refractivity contribution in [2.45, 2.75) is 44.4 Å². The second-order valence-corrected chi connectivity index (χ2v) is 4.65. The van der Waals surface area contributed by atoms with Gasteiger partial charge in [0.05, 0.1) is 0 Å². The number of hydrogen-bond acceptors (Lipinski definition) is 0. The molecule has 1 radical (unpaired) electrons. The van der Waals surface area contributed by atoms with Crippen LogP contribution in [0.15, 0.2) is 24.3 Å². The van der Waals surface area contributed by atoms with Crippen LogP contribution in [0.5, 0.6) is 5.75 Å². The minimum absolute atomic E-state index is 0.119. The van der Waals surface area contributed by atoms with Crippen molar-refractivity contribution in [2.75, 3.05) is 0 Å². The largest absolute Gasteiger partial charge is 0.290 e. The van der Waals surface area contributed by atoms with Crippen LogP contribution < -0.4 is 0 Å². The van der Waals surface area contributed by atoms with Crippen LogP contribution in [0.3, 0.4) is 0 Å². The Balaban J connectivity index is 2.23. The van der Waals surface area contributed by atoms with Gasteiger partial charge < -0.3 is 0 Å². The molecule has 1 aromatic rings. The zero-order chi connectivity index (χ0) is 10.0. The maximum atomic E-state index is 11.0. The SMILES string of the molecule is CC1(c2ccc([O])cc2)CCCCC1. The van der Waals surface area contributed by atoms with E-state index in [-0.39, 0.29) is 5.75 Å². The molecule has 0 saturated heterocycles. The molecule has 0 N–H and O–H groups in total. The molecule has 1 fully saturated rings. The van der Waals surface area contributed by atoms with Crippen LogP contribution in [-0.4, -0.2) is 0 Å². The molecule has 1 aromatic carbocycles. The number of benzene rings is 1. The lowest BCUT2D eigenvalue weighted by Gasteiger charge is -2.34. The Kier molecular flexibility index (Phi) is 2.49. The van der Waals surface area contributed by atoms with Gasteiger partial charge in [0, 0.05) is 0 Å². The number of rotatable bonds is 1. The molecule has 0 amide bonds. The third kappa shape index (κ3) is 1.77. The molecule has 1 nitrogen and oxygen atoms in total. The molecule has 0 aliphatic heterocycles. The van der Waals surface area contributed by atoms with Crippen LogP contribution in [0.4, 0.5) is 0 Å². The first kappa shape index (κ1) is 9.57. The summed E-state index contributed by atoms with van der Waals surface area (Å²) < 4.78 is 0. The van der Waals surface area contributed by atoms with Crippen molar-refractivity contribution in [3.8, 4) is 5.75 Å². The zero-order valence-electron chi connectivity index (χ0n) is 8.75. The fourth-order valence-corrected chi connectivity index (χ4v) is 2.48. The molecular formula is C13H17O. The molecule has 1 aliphatic carbocycles. The monoisotopic (exact) mass is 189 g/mol. The first-order valence-corrected chi connectivity index (χ1v) is 5.48. The molecule has 0 heterocycles. The van der Waals surface area contributed by atoms with E-state index in [9.17, 15) is 5.11 Å². The Morgan fingerprint density at radius 1 is 1.00 bits per heavy atom. The predicted molar refractivity (Wildman–Crippen MR) is 57.0 cm³/mol. The second kappa shape index (κ2) is 3.64. The predicted octanol–water partition coefficient (Wildman–Crippen LogP) is 4.05. The lowest BCUT2D eigenvalue weighted by atomic mass is 9.71. The van der Waals surface area contributed by atoms with Crippen LogP contribution in [0.25, 0.3) is 0 Å². The van der Waals surface area contributed by atoms with E-state index < -0.39 is 0 Å². The Morgan fingerprint density at radius 3 is 2.14 bits per heavy atom. The van der Waals surface area contributed by atoms with Gasteiger partial charge in [0.1, 0.15) is 0 Å². The summed E-state index contributed by atoms with van der Waals surface area (Å²) >= 11 is 0. The van der Waals surface area contributed by atoms with Crippen molar-refractivity contribution in [3.05, 3.63) is 29.8 Å². The summed E-state index contributed by atoms with van der Waals surface area (Å²) in [7, 11) is 0. The average molecular weight is 189 g/mol. The average Bonchev–Trinajstić information content (AvgIpc) is 2.19. The van der Waals surface area contributed by atoms with Crippen molar-refractivity contribution in [1.29, 1.82) is 0 Å². The van der Waals surface area contributed by atoms with Crippen LogP contribution in [0.1, 0.15) is 44.6 Å². The van der Waals surface area contributed by atoms with Crippen molar-refractivity contribution >= 4 is 0 Å². The minimum Gasteiger partial charge on any atom is -0.290 e. The van der Waals surface area contributed by atoms with E-state index >= 15 is 0 Å². The number of hydrogen-bond donors (Lipinski definition) is 0. The highest BCUT2D eigenvalue weighted by Gasteiger charge is 2.28. The van der Waals surface area contributed by atoms with Gasteiger partial charge in [0.15, 0.2) is 5.75 Å². The molecule has 14 heavy (non-hydrogen) atoms. The zero-order valence-corrected chi connectivity index (χ0v) is 8.75. The lowest BCUT2D eigenvalue weighted by molar-refractivity contribution is 0.318. The lowest BCUT2D eigenvalue weighted by Crippen LogP contribution is -2.24. The van der Waals surface area contributed by atoms with E-state index in [1.54, 1.807) is 12.1 Å². The van der Waals surface area contributed by atoms with Gasteiger partial charge in [-0.05, 0) is 36.0 Å². The third-order valence-corrected chi connectivity index (χ3v) is 3.51. The topological polar surface area (TPSA) is 19.9 Å². The molecule has 0 unspecified atom stereocenters. The van der Waals surface area contributed by atoms with E-state index in [0.29, 0.717) is 5.41 Å². The maximum absolute atomic E-state index is 11.0. The van der Waals surface area contributed by atoms with Gasteiger partial charge in [0.2, 0.25) is 0 Å². The maximum Gasteiger partial charge on any atom is 0.178 e. The quantitative estimate of drug-likeness (QED) is 0.635. The smallest absolute Gasteiger partial charge is 0.178 e. The van der Waals surface area contributed by atoms with Crippen LogP contribution >= 0.6 is 0 Å². The fraction of sp³-hybridized carbons (Fsp3) is 0.538. The Bertz CT molecular complexity index is 294. The first-order valence-electron chi connectivity index (χ1n) is 5.48. The summed E-state index contributed by atoms with van der Waals surface area (Å²) in [6.07, 6.45) is 6.57. The highest BCUT2D eigenvalue weighted by atomic mass is 16.3. The Hall–Kier alpha value is -0.980. The molecule has 1 saturated carbocycles. The molecule has 0 bridgehead atoms. The standard InChI is InChI=1S/C13H17O/c1-13(9-3-2-4-10-13)11-5-7-12(14)8-6-11/h5-8H,2-4,9-10H2,1H3. The molecular weight excluding hydrogens is 172 g/mol. The van der Waals surface area contributed by atoms with Gasteiger partial charge in [-0.2, -0.15) is 0 Å². The second-order valence-electron chi connectivity index (χ2n) is 4.65. The van der Waals surface area contributed by atoms with Crippen molar-refractivity contribution in [3.63, 3.8) is 0 Å². The molecule has 1 aliphatic rings. The highest BCUT2D eigenvalue weighted by molar-refractivity contribution is 5.31. The van der Waals surface area contributed by atoms with E-state index in [2.05, 4.69) is 6.92 Å². The molecule has 0 spiro atoms. The van der Waals surface area contributed by atoms with Crippen molar-refractivity contribution < 1.29 is 5.11 Å². The van der Waals surface area contributed by atoms with Crippen LogP contribution in [0, 0.1) is 0 Å². The first-order chi connectivity index (χ1) is 6.71. The van der Waals surface area contributed by atoms with Gasteiger partial charge in [-0.1, -0.05) is 38.3 Å². The van der Waals surface area contributed by atoms with Gasteiger partial charge in [-0.25, -0.2) is 0 Å². The summed E-state index contributed by atoms with van der Waals surface area (Å²) in [5.41, 5.74) is 1.67. The highest BCUT2D eigenvalue weighted by Crippen LogP contribution is 2.39. The summed E-state index contributed by atoms with van der Waals surface area (Å²) in [5, 5.41) is 11.0. The minimum atomic E-state index is 0.119. The van der Waals surface area contributed by atoms with Crippen LogP contribution in [-0.2, 0) is 10.5 Å². The van der Waals surface area contributed by atoms with Gasteiger partial charge in [-0.3, -0.25) is 5.11 Å². The Morgan fingerprint density at radius 2 is 1.57 bits per heavy atom. The fourth-order valence-electron chi connectivity index (χ4n) is 2.48. The Labute approximate surface area is 85.8 Å². The van der Waals surface area contributed by atoms with Gasteiger partial charge in [0.25, 0.3) is 0 Å². The third-order valence-electron chi connectivity index (χ3n) is 3.51. The molecule has 1 heteroatoms. The summed E-state index contributed by atoms with van der Waals surface area (Å²) in [5.74, 6) is 0.119. The summed E-state index contributed by atoms with van der Waals surface area (Å²) in [6, 6.07) is 7.39.